The van der Waals surface area contributed by atoms with Crippen molar-refractivity contribution >= 4 is 49.9 Å². The highest BCUT2D eigenvalue weighted by molar-refractivity contribution is 7.18. The molecule has 0 aliphatic heterocycles. The maximum Gasteiger partial charge on any atom is 0.418 e. The van der Waals surface area contributed by atoms with E-state index in [-0.39, 0.29) is 28.0 Å². The van der Waals surface area contributed by atoms with Gasteiger partial charge in [-0.1, -0.05) is 0 Å². The number of anilines is 2. The van der Waals surface area contributed by atoms with Crippen molar-refractivity contribution in [3.8, 4) is 0 Å². The molecule has 174 valence electrons. The monoisotopic (exact) mass is 509 g/mol. The molecule has 0 saturated carbocycles. The highest BCUT2D eigenvalue weighted by Crippen LogP contribution is 2.39. The third kappa shape index (κ3) is 4.87. The number of alkyl halides is 2. The maximum atomic E-state index is 14.8. The van der Waals surface area contributed by atoms with Gasteiger partial charge in [-0.2, -0.15) is 13.7 Å². The van der Waals surface area contributed by atoms with Crippen LogP contribution in [0.1, 0.15) is 11.3 Å². The normalized spacial score (nSPS) is 11.3. The summed E-state index contributed by atoms with van der Waals surface area (Å²) in [6.07, 6.45) is -1.93. The standard InChI is InChI=1S/C16H8F5N5O5S2/c17-8-2-1-7(11(18)12(8)19)16(20,21)25(15(28)29)14-23-6(5-32-14)3-9(27)24-13-22-4-10(33-13)26(30)31/h1-2,4-5H,3H2,(H,28,29)(H,22,24,27). The van der Waals surface area contributed by atoms with E-state index in [2.05, 4.69) is 15.3 Å². The minimum atomic E-state index is -4.69. The summed E-state index contributed by atoms with van der Waals surface area (Å²) in [5.74, 6) is -7.03. The zero-order chi connectivity index (χ0) is 24.5. The van der Waals surface area contributed by atoms with Gasteiger partial charge in [-0.25, -0.2) is 27.9 Å². The molecule has 0 aliphatic rings. The third-order valence-corrected chi connectivity index (χ3v) is 5.56. The van der Waals surface area contributed by atoms with Crippen molar-refractivity contribution < 1.29 is 41.6 Å². The smallest absolute Gasteiger partial charge is 0.418 e. The van der Waals surface area contributed by atoms with Crippen molar-refractivity contribution in [2.45, 2.75) is 12.5 Å². The molecule has 0 radical (unpaired) electrons. The Morgan fingerprint density at radius 1 is 1.24 bits per heavy atom. The average Bonchev–Trinajstić information content (AvgIpc) is 3.35. The number of rotatable bonds is 7. The number of carboxylic acid groups (broad SMARTS) is 1. The number of hydrogen-bond donors (Lipinski definition) is 2. The van der Waals surface area contributed by atoms with Crippen molar-refractivity contribution in [1.82, 2.24) is 9.97 Å². The molecule has 10 nitrogen and oxygen atoms in total. The Labute approximate surface area is 187 Å². The number of nitrogens with one attached hydrogen (secondary N) is 1. The molecule has 2 aromatic heterocycles. The zero-order valence-corrected chi connectivity index (χ0v) is 17.2. The van der Waals surface area contributed by atoms with Crippen molar-refractivity contribution in [3.05, 3.63) is 62.5 Å². The lowest BCUT2D eigenvalue weighted by molar-refractivity contribution is -0.380. The van der Waals surface area contributed by atoms with Crippen LogP contribution in [0.15, 0.2) is 23.7 Å². The van der Waals surface area contributed by atoms with Gasteiger partial charge in [-0.05, 0) is 23.5 Å². The zero-order valence-electron chi connectivity index (χ0n) is 15.6. The predicted molar refractivity (Wildman–Crippen MR) is 104 cm³/mol. The van der Waals surface area contributed by atoms with Gasteiger partial charge in [0.1, 0.15) is 6.20 Å². The summed E-state index contributed by atoms with van der Waals surface area (Å²) < 4.78 is 70.0. The fourth-order valence-corrected chi connectivity index (χ4v) is 3.91. The molecule has 0 unspecified atom stereocenters. The molecule has 33 heavy (non-hydrogen) atoms. The van der Waals surface area contributed by atoms with Crippen LogP contribution in [0.5, 0.6) is 0 Å². The molecule has 3 aromatic rings. The summed E-state index contributed by atoms with van der Waals surface area (Å²) in [5, 5.41) is 21.8. The van der Waals surface area contributed by atoms with Gasteiger partial charge in [0, 0.05) is 5.38 Å². The lowest BCUT2D eigenvalue weighted by atomic mass is 10.1. The molecule has 0 aliphatic carbocycles. The summed E-state index contributed by atoms with van der Waals surface area (Å²) in [6, 6.07) is -4.29. The highest BCUT2D eigenvalue weighted by Gasteiger charge is 2.48. The molecule has 3 rings (SSSR count). The number of thiazole rings is 2. The Balaban J connectivity index is 1.82. The Bertz CT molecular complexity index is 1250. The first kappa shape index (κ1) is 23.9. The number of nitro groups is 1. The molecule has 2 amide bonds. The van der Waals surface area contributed by atoms with Gasteiger partial charge in [-0.15, -0.1) is 11.3 Å². The van der Waals surface area contributed by atoms with E-state index in [1.807, 2.05) is 0 Å². The number of carbonyl (C=O) groups excluding carboxylic acids is 1. The lowest BCUT2D eigenvalue weighted by Gasteiger charge is -2.27. The minimum Gasteiger partial charge on any atom is -0.464 e. The Morgan fingerprint density at radius 2 is 1.94 bits per heavy atom. The highest BCUT2D eigenvalue weighted by atomic mass is 32.1. The van der Waals surface area contributed by atoms with Crippen molar-refractivity contribution in [3.63, 3.8) is 0 Å². The number of nitrogens with zero attached hydrogens (tertiary/aromatic N) is 4. The van der Waals surface area contributed by atoms with Crippen LogP contribution in [-0.2, 0) is 17.3 Å². The number of halogens is 5. The SMILES string of the molecule is O=C(Cc1csc(N(C(=O)O)C(F)(F)c2ccc(F)c(F)c2F)n1)Nc1ncc([N+](=O)[O-])s1. The molecule has 0 fully saturated rings. The Morgan fingerprint density at radius 3 is 2.55 bits per heavy atom. The fourth-order valence-electron chi connectivity index (χ4n) is 2.42. The van der Waals surface area contributed by atoms with E-state index < -0.39 is 62.4 Å². The molecule has 17 heteroatoms. The van der Waals surface area contributed by atoms with Gasteiger partial charge < -0.3 is 10.4 Å². The van der Waals surface area contributed by atoms with E-state index in [1.165, 1.54) is 0 Å². The van der Waals surface area contributed by atoms with Crippen LogP contribution >= 0.6 is 22.7 Å². The minimum absolute atomic E-state index is 0.116. The molecule has 2 heterocycles. The van der Waals surface area contributed by atoms with Crippen LogP contribution in [0.3, 0.4) is 0 Å². The van der Waals surface area contributed by atoms with Crippen LogP contribution in [0.25, 0.3) is 0 Å². The third-order valence-electron chi connectivity index (χ3n) is 3.82. The summed E-state index contributed by atoms with van der Waals surface area (Å²) in [7, 11) is 0. The number of benzene rings is 1. The van der Waals surface area contributed by atoms with Crippen LogP contribution < -0.4 is 10.2 Å². The molecule has 0 spiro atoms. The molecule has 0 saturated heterocycles. The van der Waals surface area contributed by atoms with E-state index in [9.17, 15) is 46.8 Å². The molecule has 0 bridgehead atoms. The quantitative estimate of drug-likeness (QED) is 0.159. The molecule has 0 atom stereocenters. The molecular weight excluding hydrogens is 501 g/mol. The average molecular weight is 509 g/mol. The van der Waals surface area contributed by atoms with Crippen molar-refractivity contribution in [2.24, 2.45) is 0 Å². The molecule has 1 aromatic carbocycles. The molecule has 2 N–H and O–H groups in total. The van der Waals surface area contributed by atoms with Crippen LogP contribution in [0, 0.1) is 27.6 Å². The van der Waals surface area contributed by atoms with Gasteiger partial charge in [0.05, 0.1) is 22.6 Å². The second-order valence-corrected chi connectivity index (χ2v) is 7.83. The second-order valence-electron chi connectivity index (χ2n) is 5.99. The number of aromatic nitrogens is 2. The van der Waals surface area contributed by atoms with Crippen molar-refractivity contribution in [2.75, 3.05) is 10.2 Å². The number of hydrogen-bond acceptors (Lipinski definition) is 8. The number of carbonyl (C=O) groups is 2. The Hall–Kier alpha value is -3.73. The fraction of sp³-hybridized carbons (Fsp3) is 0.125. The second kappa shape index (κ2) is 9.02. The van der Waals surface area contributed by atoms with E-state index in [4.69, 9.17) is 0 Å². The van der Waals surface area contributed by atoms with Crippen molar-refractivity contribution in [1.29, 1.82) is 0 Å². The largest absolute Gasteiger partial charge is 0.464 e. The van der Waals surface area contributed by atoms with E-state index >= 15 is 0 Å². The van der Waals surface area contributed by atoms with Gasteiger partial charge in [0.2, 0.25) is 5.91 Å². The van der Waals surface area contributed by atoms with Gasteiger partial charge in [-0.3, -0.25) is 14.9 Å². The van der Waals surface area contributed by atoms with E-state index in [0.717, 1.165) is 11.6 Å². The summed E-state index contributed by atoms with van der Waals surface area (Å²) in [5.41, 5.74) is -1.92. The lowest BCUT2D eigenvalue weighted by Crippen LogP contribution is -2.44. The van der Waals surface area contributed by atoms with Crippen LogP contribution in [-0.4, -0.2) is 32.0 Å². The van der Waals surface area contributed by atoms with E-state index in [0.29, 0.717) is 22.7 Å². The number of amides is 2. The van der Waals surface area contributed by atoms with E-state index in [1.54, 1.807) is 0 Å². The summed E-state index contributed by atoms with van der Waals surface area (Å²) in [4.78, 5) is 40.0. The van der Waals surface area contributed by atoms with Gasteiger partial charge >= 0.3 is 17.1 Å². The Kier molecular flexibility index (Phi) is 6.54. The summed E-state index contributed by atoms with van der Waals surface area (Å²) >= 11 is 0.919. The van der Waals surface area contributed by atoms with Gasteiger partial charge in [0.15, 0.2) is 27.7 Å². The molecular formula is C16H8F5N5O5S2. The first-order chi connectivity index (χ1) is 15.4. The topological polar surface area (TPSA) is 139 Å². The maximum absolute atomic E-state index is 14.8. The summed E-state index contributed by atoms with van der Waals surface area (Å²) in [6.45, 7) is 0. The first-order valence-electron chi connectivity index (χ1n) is 8.31. The van der Waals surface area contributed by atoms with Crippen LogP contribution in [0.4, 0.5) is 42.0 Å². The van der Waals surface area contributed by atoms with Gasteiger partial charge in [0.25, 0.3) is 0 Å². The predicted octanol–water partition coefficient (Wildman–Crippen LogP) is 4.34. The first-order valence-corrected chi connectivity index (χ1v) is 10.0. The van der Waals surface area contributed by atoms with Crippen LogP contribution in [0.2, 0.25) is 0 Å².